The van der Waals surface area contributed by atoms with Crippen LogP contribution < -0.4 is 9.47 Å². The molecule has 0 radical (unpaired) electrons. The number of hydrogen-bond donors (Lipinski definition) is 1. The molecule has 0 spiro atoms. The third-order valence-corrected chi connectivity index (χ3v) is 3.01. The second-order valence-corrected chi connectivity index (χ2v) is 4.62. The molecule has 2 rings (SSSR count). The first-order chi connectivity index (χ1) is 10.2. The molecule has 0 heterocycles. The number of rotatable bonds is 7. The standard InChI is InChI=1S/C17H18O4/c1-13-7-2-4-9-15(13)20-11-6-12-21-16-10-5-3-8-14(16)17(18)19/h2-5,7-10H,6,11-12H2,1H3,(H,18,19). The predicted octanol–water partition coefficient (Wildman–Crippen LogP) is 3.54. The number of benzene rings is 2. The summed E-state index contributed by atoms with van der Waals surface area (Å²) in [6.45, 7) is 2.94. The van der Waals surface area contributed by atoms with Crippen LogP contribution in [0.25, 0.3) is 0 Å². The van der Waals surface area contributed by atoms with Crippen molar-refractivity contribution in [1.29, 1.82) is 0 Å². The molecule has 1 N–H and O–H groups in total. The maximum atomic E-state index is 11.0. The lowest BCUT2D eigenvalue weighted by atomic mass is 10.2. The van der Waals surface area contributed by atoms with Crippen molar-refractivity contribution < 1.29 is 19.4 Å². The van der Waals surface area contributed by atoms with Crippen molar-refractivity contribution >= 4 is 5.97 Å². The minimum Gasteiger partial charge on any atom is -0.493 e. The summed E-state index contributed by atoms with van der Waals surface area (Å²) in [5.41, 5.74) is 1.27. The number of carboxylic acid groups (broad SMARTS) is 1. The van der Waals surface area contributed by atoms with Gasteiger partial charge in [0.05, 0.1) is 13.2 Å². The fourth-order valence-corrected chi connectivity index (χ4v) is 1.91. The Balaban J connectivity index is 1.78. The van der Waals surface area contributed by atoms with Crippen LogP contribution in [0.3, 0.4) is 0 Å². The summed E-state index contributed by atoms with van der Waals surface area (Å²) in [4.78, 5) is 11.0. The molecule has 0 saturated heterocycles. The van der Waals surface area contributed by atoms with Crippen LogP contribution in [0.15, 0.2) is 48.5 Å². The molecular formula is C17H18O4. The van der Waals surface area contributed by atoms with Crippen molar-refractivity contribution in [1.82, 2.24) is 0 Å². The van der Waals surface area contributed by atoms with Crippen molar-refractivity contribution in [2.45, 2.75) is 13.3 Å². The van der Waals surface area contributed by atoms with Crippen LogP contribution in [-0.4, -0.2) is 24.3 Å². The summed E-state index contributed by atoms with van der Waals surface area (Å²) in [7, 11) is 0. The van der Waals surface area contributed by atoms with Gasteiger partial charge >= 0.3 is 5.97 Å². The van der Waals surface area contributed by atoms with E-state index in [0.717, 1.165) is 11.3 Å². The zero-order valence-corrected chi connectivity index (χ0v) is 11.9. The molecule has 0 aliphatic carbocycles. The van der Waals surface area contributed by atoms with Gasteiger partial charge in [0.15, 0.2) is 0 Å². The van der Waals surface area contributed by atoms with E-state index in [1.165, 1.54) is 6.07 Å². The molecule has 0 aromatic heterocycles. The van der Waals surface area contributed by atoms with Crippen LogP contribution in [0.4, 0.5) is 0 Å². The number of ether oxygens (including phenoxy) is 2. The minimum atomic E-state index is -0.984. The van der Waals surface area contributed by atoms with Crippen molar-refractivity contribution in [3.8, 4) is 11.5 Å². The Bertz CT molecular complexity index is 607. The van der Waals surface area contributed by atoms with E-state index in [0.29, 0.717) is 25.4 Å². The van der Waals surface area contributed by atoms with Crippen LogP contribution in [0.1, 0.15) is 22.3 Å². The predicted molar refractivity (Wildman–Crippen MR) is 80.2 cm³/mol. The molecule has 0 bridgehead atoms. The normalized spacial score (nSPS) is 10.1. The van der Waals surface area contributed by atoms with Crippen LogP contribution in [-0.2, 0) is 0 Å². The Labute approximate surface area is 123 Å². The second kappa shape index (κ2) is 7.33. The van der Waals surface area contributed by atoms with E-state index in [9.17, 15) is 4.79 Å². The molecule has 110 valence electrons. The maximum Gasteiger partial charge on any atom is 0.339 e. The highest BCUT2D eigenvalue weighted by molar-refractivity contribution is 5.90. The molecule has 0 atom stereocenters. The fourth-order valence-electron chi connectivity index (χ4n) is 1.91. The van der Waals surface area contributed by atoms with Gasteiger partial charge in [-0.1, -0.05) is 30.3 Å². The Morgan fingerprint density at radius 1 is 0.952 bits per heavy atom. The Kier molecular flexibility index (Phi) is 5.21. The van der Waals surface area contributed by atoms with Gasteiger partial charge in [-0.25, -0.2) is 4.79 Å². The fraction of sp³-hybridized carbons (Fsp3) is 0.235. The monoisotopic (exact) mass is 286 g/mol. The molecule has 2 aromatic carbocycles. The quantitative estimate of drug-likeness (QED) is 0.791. The SMILES string of the molecule is Cc1ccccc1OCCCOc1ccccc1C(=O)O. The van der Waals surface area contributed by atoms with Gasteiger partial charge in [0, 0.05) is 6.42 Å². The molecule has 4 nitrogen and oxygen atoms in total. The summed E-state index contributed by atoms with van der Waals surface area (Å²) in [6.07, 6.45) is 0.683. The lowest BCUT2D eigenvalue weighted by Crippen LogP contribution is -2.08. The van der Waals surface area contributed by atoms with Crippen LogP contribution in [0.5, 0.6) is 11.5 Å². The van der Waals surface area contributed by atoms with Gasteiger partial charge in [-0.2, -0.15) is 0 Å². The number of aryl methyl sites for hydroxylation is 1. The lowest BCUT2D eigenvalue weighted by molar-refractivity contribution is 0.0692. The Morgan fingerprint density at radius 2 is 1.52 bits per heavy atom. The minimum absolute atomic E-state index is 0.178. The second-order valence-electron chi connectivity index (χ2n) is 4.62. The molecule has 21 heavy (non-hydrogen) atoms. The van der Waals surface area contributed by atoms with E-state index in [-0.39, 0.29) is 5.56 Å². The molecular weight excluding hydrogens is 268 g/mol. The van der Waals surface area contributed by atoms with Gasteiger partial charge in [-0.3, -0.25) is 0 Å². The zero-order chi connectivity index (χ0) is 15.1. The highest BCUT2D eigenvalue weighted by Crippen LogP contribution is 2.18. The largest absolute Gasteiger partial charge is 0.493 e. The van der Waals surface area contributed by atoms with Gasteiger partial charge in [-0.15, -0.1) is 0 Å². The van der Waals surface area contributed by atoms with E-state index >= 15 is 0 Å². The highest BCUT2D eigenvalue weighted by atomic mass is 16.5. The van der Waals surface area contributed by atoms with Crippen molar-refractivity contribution in [2.75, 3.05) is 13.2 Å². The maximum absolute atomic E-state index is 11.0. The third kappa shape index (κ3) is 4.24. The molecule has 0 aliphatic rings. The zero-order valence-electron chi connectivity index (χ0n) is 11.9. The first-order valence-electron chi connectivity index (χ1n) is 6.82. The number of hydrogen-bond acceptors (Lipinski definition) is 3. The average Bonchev–Trinajstić information content (AvgIpc) is 2.49. The van der Waals surface area contributed by atoms with Crippen molar-refractivity contribution in [3.63, 3.8) is 0 Å². The Morgan fingerprint density at radius 3 is 2.19 bits per heavy atom. The summed E-state index contributed by atoms with van der Waals surface area (Å²) in [5, 5.41) is 9.04. The van der Waals surface area contributed by atoms with Crippen LogP contribution in [0.2, 0.25) is 0 Å². The molecule has 0 amide bonds. The first-order valence-corrected chi connectivity index (χ1v) is 6.82. The van der Waals surface area contributed by atoms with Gasteiger partial charge in [-0.05, 0) is 30.7 Å². The van der Waals surface area contributed by atoms with Gasteiger partial charge < -0.3 is 14.6 Å². The topological polar surface area (TPSA) is 55.8 Å². The summed E-state index contributed by atoms with van der Waals surface area (Å²) in [5.74, 6) is 0.270. The van der Waals surface area contributed by atoms with E-state index in [4.69, 9.17) is 14.6 Å². The van der Waals surface area contributed by atoms with E-state index in [1.807, 2.05) is 31.2 Å². The van der Waals surface area contributed by atoms with E-state index < -0.39 is 5.97 Å². The molecule has 2 aromatic rings. The molecule has 0 fully saturated rings. The average molecular weight is 286 g/mol. The summed E-state index contributed by atoms with van der Waals surface area (Å²) >= 11 is 0. The van der Waals surface area contributed by atoms with E-state index in [2.05, 4.69) is 0 Å². The van der Waals surface area contributed by atoms with Gasteiger partial charge in [0.1, 0.15) is 17.1 Å². The molecule has 0 unspecified atom stereocenters. The smallest absolute Gasteiger partial charge is 0.339 e. The van der Waals surface area contributed by atoms with Crippen molar-refractivity contribution in [2.24, 2.45) is 0 Å². The summed E-state index contributed by atoms with van der Waals surface area (Å²) < 4.78 is 11.2. The molecule has 0 saturated carbocycles. The van der Waals surface area contributed by atoms with E-state index in [1.54, 1.807) is 18.2 Å². The van der Waals surface area contributed by atoms with Crippen LogP contribution in [0, 0.1) is 6.92 Å². The lowest BCUT2D eigenvalue weighted by Gasteiger charge is -2.10. The van der Waals surface area contributed by atoms with Gasteiger partial charge in [0.25, 0.3) is 0 Å². The summed E-state index contributed by atoms with van der Waals surface area (Å²) in [6, 6.07) is 14.4. The van der Waals surface area contributed by atoms with Crippen LogP contribution >= 0.6 is 0 Å². The number of carbonyl (C=O) groups is 1. The molecule has 4 heteroatoms. The highest BCUT2D eigenvalue weighted by Gasteiger charge is 2.09. The first kappa shape index (κ1) is 14.9. The number of para-hydroxylation sites is 2. The number of carboxylic acids is 1. The van der Waals surface area contributed by atoms with Crippen molar-refractivity contribution in [3.05, 3.63) is 59.7 Å². The molecule has 0 aliphatic heterocycles. The Hall–Kier alpha value is -2.49. The van der Waals surface area contributed by atoms with Gasteiger partial charge in [0.2, 0.25) is 0 Å². The third-order valence-electron chi connectivity index (χ3n) is 3.01. The number of aromatic carboxylic acids is 1.